The predicted octanol–water partition coefficient (Wildman–Crippen LogP) is 6.67. The highest BCUT2D eigenvalue weighted by Gasteiger charge is 2.23. The fraction of sp³-hybridized carbons (Fsp3) is 0.243. The first kappa shape index (κ1) is 32.0. The number of hydrogen-bond donors (Lipinski definition) is 3. The zero-order valence-corrected chi connectivity index (χ0v) is 26.7. The van der Waals surface area contributed by atoms with Crippen molar-refractivity contribution in [1.29, 1.82) is 0 Å². The van der Waals surface area contributed by atoms with Gasteiger partial charge in [-0.15, -0.1) is 0 Å². The van der Waals surface area contributed by atoms with Gasteiger partial charge in [0.05, 0.1) is 11.7 Å². The Labute approximate surface area is 274 Å². The number of carbonyl (C=O) groups is 2. The fourth-order valence-corrected chi connectivity index (χ4v) is 6.29. The largest absolute Gasteiger partial charge is 0.456 e. The number of hydrogen-bond acceptors (Lipinski definition) is 6. The summed E-state index contributed by atoms with van der Waals surface area (Å²) in [7, 11) is -4.17. The number of rotatable bonds is 11. The normalized spacial score (nSPS) is 14.1. The molecule has 1 saturated heterocycles. The van der Waals surface area contributed by atoms with Crippen LogP contribution in [0.3, 0.4) is 0 Å². The van der Waals surface area contributed by atoms with Crippen LogP contribution in [-0.2, 0) is 21.3 Å². The van der Waals surface area contributed by atoms with Gasteiger partial charge in [0.2, 0.25) is 5.91 Å². The number of amides is 2. The van der Waals surface area contributed by atoms with Crippen molar-refractivity contribution in [2.45, 2.75) is 31.6 Å². The summed E-state index contributed by atoms with van der Waals surface area (Å²) in [6.45, 7) is 1.86. The minimum Gasteiger partial charge on any atom is -0.456 e. The smallest absolute Gasteiger partial charge is 0.266 e. The number of nitrogens with one attached hydrogen (secondary N) is 2. The van der Waals surface area contributed by atoms with Crippen molar-refractivity contribution >= 4 is 44.3 Å². The number of piperidine rings is 1. The van der Waals surface area contributed by atoms with E-state index in [1.165, 1.54) is 19.3 Å². The molecule has 1 aromatic heterocycles. The zero-order chi connectivity index (χ0) is 32.8. The summed E-state index contributed by atoms with van der Waals surface area (Å²) >= 11 is 0. The second-order valence-corrected chi connectivity index (χ2v) is 13.4. The second-order valence-electron chi connectivity index (χ2n) is 11.8. The summed E-state index contributed by atoms with van der Waals surface area (Å²) in [5.74, 6) is -0.915. The lowest BCUT2D eigenvalue weighted by Crippen LogP contribution is -2.29. The van der Waals surface area contributed by atoms with Crippen molar-refractivity contribution in [2.24, 2.45) is 0 Å². The molecule has 1 unspecified atom stereocenters. The van der Waals surface area contributed by atoms with Crippen LogP contribution in [0.15, 0.2) is 108 Å². The quantitative estimate of drug-likeness (QED) is 0.136. The Morgan fingerprint density at radius 2 is 1.55 bits per heavy atom. The lowest BCUT2D eigenvalue weighted by Gasteiger charge is -2.29. The van der Waals surface area contributed by atoms with Gasteiger partial charge in [-0.2, -0.15) is 8.42 Å². The van der Waals surface area contributed by atoms with E-state index in [-0.39, 0.29) is 12.5 Å². The van der Waals surface area contributed by atoms with E-state index in [9.17, 15) is 18.0 Å². The van der Waals surface area contributed by atoms with Crippen LogP contribution in [0.25, 0.3) is 22.3 Å². The van der Waals surface area contributed by atoms with E-state index in [0.717, 1.165) is 52.2 Å². The molecule has 3 N–H and O–H groups in total. The number of benzene rings is 4. The number of anilines is 2. The fourth-order valence-electron chi connectivity index (χ4n) is 5.93. The molecular formula is C37H37N3O6S. The van der Waals surface area contributed by atoms with Crippen molar-refractivity contribution in [3.05, 3.63) is 120 Å². The number of fused-ring (bicyclic) bond motifs is 1. The molecular weight excluding hydrogens is 614 g/mol. The molecule has 2 amide bonds. The van der Waals surface area contributed by atoms with Gasteiger partial charge >= 0.3 is 0 Å². The maximum absolute atomic E-state index is 13.9. The summed E-state index contributed by atoms with van der Waals surface area (Å²) < 4.78 is 36.8. The Morgan fingerprint density at radius 3 is 2.23 bits per heavy atom. The number of nitrogens with zero attached hydrogens (tertiary/aromatic N) is 1. The van der Waals surface area contributed by atoms with Crippen LogP contribution < -0.4 is 15.5 Å². The molecule has 0 saturated carbocycles. The average molecular weight is 652 g/mol. The predicted molar refractivity (Wildman–Crippen MR) is 184 cm³/mol. The average Bonchev–Trinajstić information content (AvgIpc) is 3.52. The second kappa shape index (κ2) is 14.2. The minimum atomic E-state index is -4.17. The molecule has 4 aromatic carbocycles. The molecule has 1 aliphatic rings. The first-order valence-electron chi connectivity index (χ1n) is 15.8. The molecule has 0 aliphatic carbocycles. The highest BCUT2D eigenvalue weighted by Crippen LogP contribution is 2.30. The molecule has 1 fully saturated rings. The third-order valence-corrected chi connectivity index (χ3v) is 9.22. The van der Waals surface area contributed by atoms with Crippen molar-refractivity contribution in [2.75, 3.05) is 35.6 Å². The molecule has 5 aromatic rings. The highest BCUT2D eigenvalue weighted by molar-refractivity contribution is 7.85. The monoisotopic (exact) mass is 651 g/mol. The van der Waals surface area contributed by atoms with Crippen LogP contribution >= 0.6 is 0 Å². The third kappa shape index (κ3) is 8.27. The summed E-state index contributed by atoms with van der Waals surface area (Å²) in [6.07, 6.45) is 4.00. The number of para-hydroxylation sites is 1. The Hall–Kier alpha value is -4.93. The number of furan rings is 1. The zero-order valence-electron chi connectivity index (χ0n) is 25.9. The van der Waals surface area contributed by atoms with E-state index in [1.54, 1.807) is 24.3 Å². The minimum absolute atomic E-state index is 0.153. The molecule has 242 valence electrons. The molecule has 9 nitrogen and oxygen atoms in total. The maximum Gasteiger partial charge on any atom is 0.266 e. The van der Waals surface area contributed by atoms with Gasteiger partial charge in [-0.1, -0.05) is 42.5 Å². The molecule has 10 heteroatoms. The Kier molecular flexibility index (Phi) is 9.70. The van der Waals surface area contributed by atoms with E-state index in [1.807, 2.05) is 66.7 Å². The van der Waals surface area contributed by atoms with Crippen molar-refractivity contribution < 1.29 is 27.0 Å². The first-order chi connectivity index (χ1) is 22.7. The summed E-state index contributed by atoms with van der Waals surface area (Å²) in [5, 5.41) is 6.61. The Morgan fingerprint density at radius 1 is 0.851 bits per heavy atom. The van der Waals surface area contributed by atoms with Gasteiger partial charge in [-0.3, -0.25) is 14.1 Å². The molecule has 6 rings (SSSR count). The van der Waals surface area contributed by atoms with Gasteiger partial charge in [0.25, 0.3) is 16.0 Å². The molecule has 0 bridgehead atoms. The first-order valence-corrected chi connectivity index (χ1v) is 17.4. The van der Waals surface area contributed by atoms with E-state index in [4.69, 9.17) is 8.97 Å². The van der Waals surface area contributed by atoms with Crippen LogP contribution in [0.2, 0.25) is 0 Å². The highest BCUT2D eigenvalue weighted by atomic mass is 32.2. The van der Waals surface area contributed by atoms with E-state index in [0.29, 0.717) is 17.7 Å². The van der Waals surface area contributed by atoms with Crippen LogP contribution in [0.4, 0.5) is 11.4 Å². The van der Waals surface area contributed by atoms with Crippen molar-refractivity contribution in [3.8, 4) is 11.3 Å². The van der Waals surface area contributed by atoms with Crippen molar-refractivity contribution in [1.82, 2.24) is 5.32 Å². The Balaban J connectivity index is 1.18. The Bertz CT molecular complexity index is 1910. The molecule has 47 heavy (non-hydrogen) atoms. The SMILES string of the molecule is O=C(NCCS(=O)(=O)O)c1ccc(CC(C(=O)Nc2ccc(-c3cc4ccccc4o3)cc2)c2ccc(N3CCCCC3)cc2)cc1. The van der Waals surface area contributed by atoms with Gasteiger partial charge in [0.1, 0.15) is 11.3 Å². The molecule has 0 radical (unpaired) electrons. The van der Waals surface area contributed by atoms with Gasteiger partial charge in [0, 0.05) is 47.5 Å². The van der Waals surface area contributed by atoms with Crippen LogP contribution in [0, 0.1) is 0 Å². The van der Waals surface area contributed by atoms with Gasteiger partial charge < -0.3 is 20.0 Å². The molecule has 1 aliphatic heterocycles. The van der Waals surface area contributed by atoms with Crippen LogP contribution in [0.1, 0.15) is 46.7 Å². The van der Waals surface area contributed by atoms with Gasteiger partial charge in [0.15, 0.2) is 0 Å². The standard InChI is InChI=1S/C37H37N3O6S/c41-36(38-20-23-47(43,44)45)29-10-8-26(9-11-29)24-33(27-14-18-32(19-15-27)40-21-4-1-5-22-40)37(42)39-31-16-12-28(13-17-31)35-25-30-6-2-3-7-34(30)46-35/h2-3,6-19,25,33H,1,4-5,20-24H2,(H,38,41)(H,39,42)(H,43,44,45). The van der Waals surface area contributed by atoms with Crippen LogP contribution in [0.5, 0.6) is 0 Å². The molecule has 0 spiro atoms. The van der Waals surface area contributed by atoms with E-state index in [2.05, 4.69) is 27.7 Å². The topological polar surface area (TPSA) is 129 Å². The summed E-state index contributed by atoms with van der Waals surface area (Å²) in [5.41, 5.74) is 5.64. The lowest BCUT2D eigenvalue weighted by atomic mass is 9.90. The van der Waals surface area contributed by atoms with E-state index < -0.39 is 27.7 Å². The van der Waals surface area contributed by atoms with Crippen molar-refractivity contribution in [3.63, 3.8) is 0 Å². The van der Waals surface area contributed by atoms with Gasteiger partial charge in [-0.25, -0.2) is 0 Å². The number of carbonyl (C=O) groups excluding carboxylic acids is 2. The summed E-state index contributed by atoms with van der Waals surface area (Å²) in [6, 6.07) is 32.5. The maximum atomic E-state index is 13.9. The van der Waals surface area contributed by atoms with Gasteiger partial charge in [-0.05, 0) is 97.5 Å². The lowest BCUT2D eigenvalue weighted by molar-refractivity contribution is -0.117. The third-order valence-electron chi connectivity index (χ3n) is 8.50. The van der Waals surface area contributed by atoms with E-state index >= 15 is 0 Å². The van der Waals surface area contributed by atoms with Crippen LogP contribution in [-0.4, -0.2) is 50.2 Å². The molecule has 1 atom stereocenters. The summed E-state index contributed by atoms with van der Waals surface area (Å²) in [4.78, 5) is 28.7. The molecule has 2 heterocycles.